The molecule has 9 nitrogen and oxygen atoms in total. The first-order valence-corrected chi connectivity index (χ1v) is 10.6. The van der Waals surface area contributed by atoms with Crippen LogP contribution < -0.4 is 21.0 Å². The third-order valence-corrected chi connectivity index (χ3v) is 5.65. The van der Waals surface area contributed by atoms with E-state index in [0.29, 0.717) is 34.3 Å². The number of rotatable bonds is 8. The van der Waals surface area contributed by atoms with E-state index in [9.17, 15) is 19.2 Å². The van der Waals surface area contributed by atoms with E-state index in [2.05, 4.69) is 10.6 Å². The van der Waals surface area contributed by atoms with E-state index in [1.165, 1.54) is 10.6 Å². The van der Waals surface area contributed by atoms with Gasteiger partial charge >= 0.3 is 5.63 Å². The zero-order valence-corrected chi connectivity index (χ0v) is 18.7. The summed E-state index contributed by atoms with van der Waals surface area (Å²) in [6.45, 7) is 2.07. The molecular weight excluding hydrogens is 438 g/mol. The smallest absolute Gasteiger partial charge is 0.349 e. The third kappa shape index (κ3) is 4.40. The average molecular weight is 461 g/mol. The maximum absolute atomic E-state index is 12.6. The Morgan fingerprint density at radius 1 is 1.09 bits per heavy atom. The van der Waals surface area contributed by atoms with Gasteiger partial charge in [0.2, 0.25) is 12.3 Å². The lowest BCUT2D eigenvalue weighted by Crippen LogP contribution is -2.36. The maximum atomic E-state index is 12.6. The number of nitrogens with one attached hydrogen (secondary N) is 2. The number of carbonyl (C=O) groups excluding carboxylic acids is 3. The zero-order valence-electron chi connectivity index (χ0n) is 18.7. The molecule has 0 spiro atoms. The predicted octanol–water partition coefficient (Wildman–Crippen LogP) is 2.19. The number of ether oxygens (including phenoxy) is 1. The lowest BCUT2D eigenvalue weighted by Gasteiger charge is -2.08. The fourth-order valence-electron chi connectivity index (χ4n) is 3.89. The number of nitrogens with zero attached hydrogens (tertiary/aromatic N) is 1. The minimum absolute atomic E-state index is 0.0541. The summed E-state index contributed by atoms with van der Waals surface area (Å²) in [6.07, 6.45) is 0.767. The quantitative estimate of drug-likeness (QED) is 0.236. The Hall–Kier alpha value is -4.40. The summed E-state index contributed by atoms with van der Waals surface area (Å²) in [7, 11) is 1.55. The van der Waals surface area contributed by atoms with Gasteiger partial charge in [-0.3, -0.25) is 19.0 Å². The molecule has 0 saturated heterocycles. The number of para-hydroxylation sites is 1. The van der Waals surface area contributed by atoms with Crippen molar-refractivity contribution < 1.29 is 23.5 Å². The van der Waals surface area contributed by atoms with Gasteiger partial charge in [-0.15, -0.1) is 0 Å². The second-order valence-electron chi connectivity index (χ2n) is 7.69. The summed E-state index contributed by atoms with van der Waals surface area (Å²) in [5, 5.41) is 6.76. The lowest BCUT2D eigenvalue weighted by molar-refractivity contribution is -0.120. The number of hydrogen-bond donors (Lipinski definition) is 2. The van der Waals surface area contributed by atoms with Gasteiger partial charge in [0, 0.05) is 29.6 Å². The van der Waals surface area contributed by atoms with Crippen molar-refractivity contribution in [1.29, 1.82) is 0 Å². The lowest BCUT2D eigenvalue weighted by atomic mass is 10.1. The molecule has 0 radical (unpaired) electrons. The second-order valence-corrected chi connectivity index (χ2v) is 7.69. The fraction of sp³-hybridized carbons (Fsp3) is 0.200. The Labute approximate surface area is 194 Å². The molecule has 0 aliphatic rings. The molecule has 0 bridgehead atoms. The SMILES string of the molecule is COc1ccc2c(c1)c(CC(=O)NCCNC(=O)c1cc3ccccc3oc1=O)c(C)n2C=O. The highest BCUT2D eigenvalue weighted by molar-refractivity contribution is 5.97. The normalized spacial score (nSPS) is 10.9. The van der Waals surface area contributed by atoms with E-state index in [4.69, 9.17) is 9.15 Å². The van der Waals surface area contributed by atoms with Crippen molar-refractivity contribution in [3.63, 3.8) is 0 Å². The number of carbonyl (C=O) groups is 3. The van der Waals surface area contributed by atoms with E-state index in [1.807, 2.05) is 0 Å². The maximum Gasteiger partial charge on any atom is 0.349 e. The van der Waals surface area contributed by atoms with Gasteiger partial charge in [0.05, 0.1) is 19.0 Å². The predicted molar refractivity (Wildman–Crippen MR) is 127 cm³/mol. The van der Waals surface area contributed by atoms with E-state index in [1.54, 1.807) is 56.5 Å². The van der Waals surface area contributed by atoms with E-state index < -0.39 is 11.5 Å². The summed E-state index contributed by atoms with van der Waals surface area (Å²) in [5.74, 6) is -0.223. The Balaban J connectivity index is 1.38. The molecule has 2 amide bonds. The minimum atomic E-state index is -0.724. The molecule has 9 heteroatoms. The molecule has 0 saturated carbocycles. The van der Waals surface area contributed by atoms with Crippen molar-refractivity contribution >= 4 is 40.1 Å². The molecule has 2 N–H and O–H groups in total. The van der Waals surface area contributed by atoms with Gasteiger partial charge in [0.1, 0.15) is 16.9 Å². The first-order valence-electron chi connectivity index (χ1n) is 10.6. The number of fused-ring (bicyclic) bond motifs is 2. The molecule has 0 aliphatic carbocycles. The van der Waals surface area contributed by atoms with Crippen LogP contribution in [-0.4, -0.2) is 43.0 Å². The molecule has 174 valence electrons. The van der Waals surface area contributed by atoms with Crippen LogP contribution in [0.15, 0.2) is 57.7 Å². The Bertz CT molecular complexity index is 1470. The van der Waals surface area contributed by atoms with Gasteiger partial charge in [0.25, 0.3) is 5.91 Å². The Kier molecular flexibility index (Phi) is 6.44. The number of amides is 2. The van der Waals surface area contributed by atoms with Crippen LogP contribution in [0.25, 0.3) is 21.9 Å². The molecule has 34 heavy (non-hydrogen) atoms. The minimum Gasteiger partial charge on any atom is -0.497 e. The van der Waals surface area contributed by atoms with E-state index in [0.717, 1.165) is 10.9 Å². The molecule has 0 fully saturated rings. The zero-order chi connectivity index (χ0) is 24.2. The monoisotopic (exact) mass is 461 g/mol. The largest absolute Gasteiger partial charge is 0.497 e. The van der Waals surface area contributed by atoms with Crippen LogP contribution in [0.1, 0.15) is 21.6 Å². The summed E-state index contributed by atoms with van der Waals surface area (Å²) < 4.78 is 11.9. The van der Waals surface area contributed by atoms with Crippen LogP contribution in [0.5, 0.6) is 5.75 Å². The molecule has 0 aliphatic heterocycles. The van der Waals surface area contributed by atoms with Crippen LogP contribution in [0.3, 0.4) is 0 Å². The first-order chi connectivity index (χ1) is 16.4. The van der Waals surface area contributed by atoms with Crippen molar-refractivity contribution in [2.75, 3.05) is 20.2 Å². The van der Waals surface area contributed by atoms with Gasteiger partial charge in [-0.1, -0.05) is 18.2 Å². The number of methoxy groups -OCH3 is 1. The number of hydrogen-bond acceptors (Lipinski definition) is 6. The topological polar surface area (TPSA) is 120 Å². The Morgan fingerprint density at radius 3 is 2.62 bits per heavy atom. The van der Waals surface area contributed by atoms with Gasteiger partial charge in [-0.05, 0) is 42.8 Å². The molecule has 0 atom stereocenters. The second kappa shape index (κ2) is 9.62. The van der Waals surface area contributed by atoms with Crippen LogP contribution in [-0.2, 0) is 16.0 Å². The highest BCUT2D eigenvalue weighted by Gasteiger charge is 2.18. The summed E-state index contributed by atoms with van der Waals surface area (Å²) in [5.41, 5.74) is 1.66. The molecule has 4 aromatic rings. The molecule has 2 aromatic heterocycles. The van der Waals surface area contributed by atoms with Crippen molar-refractivity contribution in [2.24, 2.45) is 0 Å². The molecule has 0 unspecified atom stereocenters. The van der Waals surface area contributed by atoms with Gasteiger partial charge in [-0.2, -0.15) is 0 Å². The first kappa shape index (κ1) is 22.8. The highest BCUT2D eigenvalue weighted by Crippen LogP contribution is 2.29. The van der Waals surface area contributed by atoms with Gasteiger partial charge in [-0.25, -0.2) is 4.79 Å². The highest BCUT2D eigenvalue weighted by atomic mass is 16.5. The van der Waals surface area contributed by atoms with Crippen LogP contribution in [0.4, 0.5) is 0 Å². The van der Waals surface area contributed by atoms with Crippen molar-refractivity contribution in [3.05, 3.63) is 75.8 Å². The van der Waals surface area contributed by atoms with Crippen molar-refractivity contribution in [1.82, 2.24) is 15.2 Å². The summed E-state index contributed by atoms with van der Waals surface area (Å²) in [4.78, 5) is 48.6. The fourth-order valence-corrected chi connectivity index (χ4v) is 3.89. The van der Waals surface area contributed by atoms with Crippen molar-refractivity contribution in [2.45, 2.75) is 13.3 Å². The molecular formula is C25H23N3O6. The van der Waals surface area contributed by atoms with E-state index in [-0.39, 0.29) is 31.0 Å². The van der Waals surface area contributed by atoms with Gasteiger partial charge < -0.3 is 19.8 Å². The third-order valence-electron chi connectivity index (χ3n) is 5.65. The van der Waals surface area contributed by atoms with Crippen LogP contribution >= 0.6 is 0 Å². The number of aromatic nitrogens is 1. The summed E-state index contributed by atoms with van der Waals surface area (Å²) in [6, 6.07) is 13.7. The summed E-state index contributed by atoms with van der Waals surface area (Å²) >= 11 is 0. The van der Waals surface area contributed by atoms with Crippen LogP contribution in [0, 0.1) is 6.92 Å². The average Bonchev–Trinajstić information content (AvgIpc) is 3.10. The standard InChI is InChI=1S/C25H23N3O6/c1-15-18(19-12-17(33-2)7-8-21(19)28(15)14-29)13-23(30)26-9-10-27-24(31)20-11-16-5-3-4-6-22(16)34-25(20)32/h3-8,11-12,14H,9-10,13H2,1-2H3,(H,26,30)(H,27,31). The Morgan fingerprint density at radius 2 is 1.85 bits per heavy atom. The number of benzene rings is 2. The molecule has 4 rings (SSSR count). The van der Waals surface area contributed by atoms with E-state index >= 15 is 0 Å². The molecule has 2 heterocycles. The van der Waals surface area contributed by atoms with Crippen LogP contribution in [0.2, 0.25) is 0 Å². The van der Waals surface area contributed by atoms with Gasteiger partial charge in [0.15, 0.2) is 0 Å². The molecule has 2 aromatic carbocycles. The van der Waals surface area contributed by atoms with Crippen molar-refractivity contribution in [3.8, 4) is 5.75 Å².